The van der Waals surface area contributed by atoms with Gasteiger partial charge in [-0.05, 0) is 0 Å². The van der Waals surface area contributed by atoms with Gasteiger partial charge in [-0.15, -0.1) is 0 Å². The predicted molar refractivity (Wildman–Crippen MR) is 33.6 cm³/mol. The van der Waals surface area contributed by atoms with Crippen molar-refractivity contribution in [3.05, 3.63) is 0 Å². The molecule has 0 radical (unpaired) electrons. The topological polar surface area (TPSA) is 52.6 Å². The molecule has 0 aromatic carbocycles. The fourth-order valence-corrected chi connectivity index (χ4v) is 5.10. The number of carbonyl (C=O) groups excluding carboxylic acids is 2. The Labute approximate surface area is 77.7 Å². The average molecular weight is 347 g/mol. The van der Waals surface area contributed by atoms with Crippen LogP contribution < -0.4 is 0 Å². The quantitative estimate of drug-likeness (QED) is 0.541. The monoisotopic (exact) mass is 348 g/mol. The summed E-state index contributed by atoms with van der Waals surface area (Å²) < 4.78 is 9.84. The molecule has 0 unspecified atom stereocenters. The summed E-state index contributed by atoms with van der Waals surface area (Å²) in [6.45, 7) is 0. The maximum absolute atomic E-state index is 10.6. The van der Waals surface area contributed by atoms with Gasteiger partial charge in [-0.3, -0.25) is 0 Å². The van der Waals surface area contributed by atoms with Crippen molar-refractivity contribution in [3.63, 3.8) is 0 Å². The van der Waals surface area contributed by atoms with E-state index < -0.39 is 24.6 Å². The van der Waals surface area contributed by atoms with Crippen LogP contribution in [0.5, 0.6) is 0 Å². The molecule has 0 saturated heterocycles. The number of ether oxygens (including phenoxy) is 2. The Morgan fingerprint density at radius 3 is 1.73 bits per heavy atom. The van der Waals surface area contributed by atoms with Crippen molar-refractivity contribution in [1.82, 2.24) is 0 Å². The van der Waals surface area contributed by atoms with Gasteiger partial charge in [0, 0.05) is 0 Å². The molecule has 0 N–H and O–H groups in total. The van der Waals surface area contributed by atoms with Gasteiger partial charge in [0.2, 0.25) is 0 Å². The number of hydrogen-bond donors (Lipinski definition) is 0. The van der Waals surface area contributed by atoms with Crippen molar-refractivity contribution in [2.75, 3.05) is 14.2 Å². The van der Waals surface area contributed by atoms with Crippen LogP contribution in [0.25, 0.3) is 0 Å². The van der Waals surface area contributed by atoms with Crippen LogP contribution in [0.3, 0.4) is 0 Å². The fourth-order valence-electron chi connectivity index (χ4n) is 0.581. The number of carbonyl (C=O) groups is 2. The number of esters is 2. The molecule has 5 heteroatoms. The van der Waals surface area contributed by atoms with Crippen LogP contribution in [0, 0.1) is 0 Å². The number of hydrogen-bond acceptors (Lipinski definition) is 4. The summed E-state index contributed by atoms with van der Waals surface area (Å²) in [5.41, 5.74) is 0. The molecule has 0 rings (SSSR count). The van der Waals surface area contributed by atoms with E-state index in [0.29, 0.717) is 7.86 Å². The Balaban J connectivity index is 3.27. The van der Waals surface area contributed by atoms with E-state index in [1.165, 1.54) is 14.2 Å². The van der Waals surface area contributed by atoms with Crippen molar-refractivity contribution < 1.29 is 43.6 Å². The van der Waals surface area contributed by atoms with Crippen molar-refractivity contribution >= 4 is 11.9 Å². The zero-order valence-electron chi connectivity index (χ0n) is 6.75. The van der Waals surface area contributed by atoms with E-state index in [4.69, 9.17) is 0 Å². The molecule has 0 bridgehead atoms. The Hall–Kier alpha value is -0.125. The van der Waals surface area contributed by atoms with Crippen molar-refractivity contribution in [2.45, 2.75) is 7.86 Å². The normalized spacial score (nSPS) is 8.18. The van der Waals surface area contributed by atoms with Crippen molar-refractivity contribution in [2.24, 2.45) is 0 Å². The molecule has 0 aliphatic rings. The zero-order chi connectivity index (χ0) is 8.69. The molecule has 0 fully saturated rings. The first-order valence-corrected chi connectivity index (χ1v) is 11.1. The van der Waals surface area contributed by atoms with Gasteiger partial charge in [0.25, 0.3) is 0 Å². The zero-order valence-corrected chi connectivity index (χ0v) is 12.3. The van der Waals surface area contributed by atoms with E-state index >= 15 is 0 Å². The fraction of sp³-hybridized carbons (Fsp3) is 0.667. The molecular formula is C6H10HgO4. The van der Waals surface area contributed by atoms with Gasteiger partial charge in [-0.2, -0.15) is 0 Å². The Kier molecular flexibility index (Phi) is 6.50. The van der Waals surface area contributed by atoms with Gasteiger partial charge >= 0.3 is 77.7 Å². The molecule has 4 nitrogen and oxygen atoms in total. The second-order valence-corrected chi connectivity index (χ2v) is 8.64. The van der Waals surface area contributed by atoms with E-state index in [1.54, 1.807) is 0 Å². The Morgan fingerprint density at radius 2 is 1.45 bits per heavy atom. The third kappa shape index (κ3) is 6.28. The van der Waals surface area contributed by atoms with Crippen molar-refractivity contribution in [3.8, 4) is 0 Å². The molecule has 60 valence electrons. The van der Waals surface area contributed by atoms with Crippen LogP contribution in [0.2, 0.25) is 7.86 Å². The summed E-state index contributed by atoms with van der Waals surface area (Å²) in [6.07, 6.45) is 0. The summed E-state index contributed by atoms with van der Waals surface area (Å²) in [6, 6.07) is 0. The van der Waals surface area contributed by atoms with E-state index in [0.717, 1.165) is 0 Å². The van der Waals surface area contributed by atoms with Gasteiger partial charge in [0.1, 0.15) is 0 Å². The SMILES string of the molecule is COC(=O)[CH2][Hg][CH2]C(=O)OC. The van der Waals surface area contributed by atoms with Gasteiger partial charge in [0.15, 0.2) is 0 Å². The van der Waals surface area contributed by atoms with Crippen molar-refractivity contribution in [1.29, 1.82) is 0 Å². The number of rotatable bonds is 4. The van der Waals surface area contributed by atoms with E-state index in [2.05, 4.69) is 9.47 Å². The van der Waals surface area contributed by atoms with E-state index in [-0.39, 0.29) is 11.9 Å². The average Bonchev–Trinajstić information content (AvgIpc) is 2.04. The van der Waals surface area contributed by atoms with Gasteiger partial charge in [-0.1, -0.05) is 0 Å². The predicted octanol–water partition coefficient (Wildman–Crippen LogP) is 0.251. The molecule has 0 amide bonds. The van der Waals surface area contributed by atoms with Gasteiger partial charge < -0.3 is 0 Å². The molecule has 0 saturated carbocycles. The standard InChI is InChI=1S/2C3H5O2.Hg/c2*1-3(4)5-2;/h2*1H2,2H3;. The Bertz CT molecular complexity index is 130. The third-order valence-corrected chi connectivity index (χ3v) is 7.14. The first kappa shape index (κ1) is 10.9. The second-order valence-electron chi connectivity index (χ2n) is 2.01. The molecule has 0 aromatic heterocycles. The van der Waals surface area contributed by atoms with Gasteiger partial charge in [-0.25, -0.2) is 0 Å². The molecular weight excluding hydrogens is 337 g/mol. The molecule has 0 aliphatic carbocycles. The first-order chi connectivity index (χ1) is 5.20. The van der Waals surface area contributed by atoms with Crippen LogP contribution in [0.1, 0.15) is 0 Å². The summed E-state index contributed by atoms with van der Waals surface area (Å²) in [5, 5.41) is 0. The summed E-state index contributed by atoms with van der Waals surface area (Å²) in [7, 11) is 2.71. The molecule has 0 spiro atoms. The summed E-state index contributed by atoms with van der Waals surface area (Å²) in [4.78, 5) is 21.1. The molecule has 0 heterocycles. The summed E-state index contributed by atoms with van der Waals surface area (Å²) in [5.74, 6) is -0.397. The molecule has 0 atom stereocenters. The van der Waals surface area contributed by atoms with E-state index in [1.807, 2.05) is 0 Å². The van der Waals surface area contributed by atoms with Crippen LogP contribution in [-0.2, 0) is 43.6 Å². The van der Waals surface area contributed by atoms with Crippen LogP contribution >= 0.6 is 0 Å². The van der Waals surface area contributed by atoms with Crippen LogP contribution in [0.15, 0.2) is 0 Å². The summed E-state index contributed by atoms with van der Waals surface area (Å²) >= 11 is -1.34. The molecule has 0 aliphatic heterocycles. The Morgan fingerprint density at radius 1 is 1.09 bits per heavy atom. The molecule has 0 aromatic rings. The third-order valence-electron chi connectivity index (χ3n) is 1.22. The van der Waals surface area contributed by atoms with Crippen LogP contribution in [-0.4, -0.2) is 26.2 Å². The van der Waals surface area contributed by atoms with Gasteiger partial charge in [0.05, 0.1) is 0 Å². The van der Waals surface area contributed by atoms with E-state index in [9.17, 15) is 9.59 Å². The molecule has 11 heavy (non-hydrogen) atoms. The second kappa shape index (κ2) is 6.58. The number of methoxy groups -OCH3 is 2. The van der Waals surface area contributed by atoms with Crippen LogP contribution in [0.4, 0.5) is 0 Å². The maximum atomic E-state index is 10.6. The first-order valence-electron chi connectivity index (χ1n) is 3.34. The minimum absolute atomic E-state index is 0.199. The minimum atomic E-state index is -1.34.